The Morgan fingerprint density at radius 3 is 2.50 bits per heavy atom. The molecule has 0 atom stereocenters. The van der Waals surface area contributed by atoms with Gasteiger partial charge in [0, 0.05) is 32.7 Å². The van der Waals surface area contributed by atoms with Gasteiger partial charge in [-0.15, -0.1) is 0 Å². The maximum absolute atomic E-state index is 5.66. The Morgan fingerprint density at radius 1 is 1.22 bits per heavy atom. The van der Waals surface area contributed by atoms with Crippen molar-refractivity contribution in [1.29, 1.82) is 0 Å². The van der Waals surface area contributed by atoms with Crippen molar-refractivity contribution in [1.82, 2.24) is 4.57 Å². The monoisotopic (exact) mass is 248 g/mol. The largest absolute Gasteiger partial charge is 0.336 e. The molecule has 0 bridgehead atoms. The lowest BCUT2D eigenvalue weighted by Crippen LogP contribution is -2.33. The van der Waals surface area contributed by atoms with Crippen LogP contribution in [0.25, 0.3) is 10.9 Å². The van der Waals surface area contributed by atoms with Crippen LogP contribution < -0.4 is 5.73 Å². The molecular formula is C14H20N2O2. The molecule has 2 N–H and O–H groups in total. The Morgan fingerprint density at radius 2 is 1.89 bits per heavy atom. The van der Waals surface area contributed by atoms with E-state index in [1.165, 1.54) is 10.9 Å². The van der Waals surface area contributed by atoms with Crippen LogP contribution in [0.15, 0.2) is 30.5 Å². The van der Waals surface area contributed by atoms with Crippen LogP contribution in [-0.4, -0.2) is 25.3 Å². The van der Waals surface area contributed by atoms with E-state index in [1.54, 1.807) is 14.2 Å². The highest BCUT2D eigenvalue weighted by Crippen LogP contribution is 2.29. The molecule has 0 spiro atoms. The molecule has 0 unspecified atom stereocenters. The summed E-state index contributed by atoms with van der Waals surface area (Å²) in [5.74, 6) is -0.799. The molecule has 0 aliphatic carbocycles. The van der Waals surface area contributed by atoms with Crippen molar-refractivity contribution in [3.63, 3.8) is 0 Å². The normalized spacial score (nSPS) is 12.2. The number of para-hydroxylation sites is 1. The van der Waals surface area contributed by atoms with Crippen LogP contribution >= 0.6 is 0 Å². The Hall–Kier alpha value is -1.36. The van der Waals surface area contributed by atoms with E-state index >= 15 is 0 Å². The lowest BCUT2D eigenvalue weighted by atomic mass is 10.1. The minimum atomic E-state index is -0.799. The number of hydrogen-bond donors (Lipinski definition) is 1. The van der Waals surface area contributed by atoms with Crippen molar-refractivity contribution in [2.75, 3.05) is 20.8 Å². The van der Waals surface area contributed by atoms with Gasteiger partial charge in [0.15, 0.2) is 0 Å². The van der Waals surface area contributed by atoms with Crippen molar-refractivity contribution in [2.24, 2.45) is 5.73 Å². The predicted molar refractivity (Wildman–Crippen MR) is 72.4 cm³/mol. The van der Waals surface area contributed by atoms with Gasteiger partial charge in [0.1, 0.15) is 0 Å². The Labute approximate surface area is 107 Å². The first-order valence-corrected chi connectivity index (χ1v) is 6.06. The van der Waals surface area contributed by atoms with Gasteiger partial charge in [-0.2, -0.15) is 0 Å². The fraction of sp³-hybridized carbons (Fsp3) is 0.429. The Balaban J connectivity index is 2.64. The van der Waals surface area contributed by atoms with Crippen molar-refractivity contribution in [2.45, 2.75) is 19.3 Å². The number of benzene rings is 1. The molecule has 18 heavy (non-hydrogen) atoms. The van der Waals surface area contributed by atoms with Gasteiger partial charge in [0.2, 0.25) is 0 Å². The quantitative estimate of drug-likeness (QED) is 0.824. The molecule has 0 saturated carbocycles. The summed E-state index contributed by atoms with van der Waals surface area (Å²) in [4.78, 5) is 0. The minimum absolute atomic E-state index is 0.630. The summed E-state index contributed by atoms with van der Waals surface area (Å²) in [5, 5.41) is 1.20. The third kappa shape index (κ3) is 2.03. The maximum atomic E-state index is 5.66. The zero-order valence-electron chi connectivity index (χ0n) is 11.1. The predicted octanol–water partition coefficient (Wildman–Crippen LogP) is 2.07. The Bertz CT molecular complexity index is 530. The van der Waals surface area contributed by atoms with Gasteiger partial charge in [0.25, 0.3) is 5.91 Å². The number of nitrogens with zero attached hydrogens (tertiary/aromatic N) is 1. The lowest BCUT2D eigenvalue weighted by molar-refractivity contribution is -0.251. The number of methoxy groups -OCH3 is 2. The molecule has 2 aromatic rings. The van der Waals surface area contributed by atoms with Gasteiger partial charge in [-0.25, -0.2) is 0 Å². The minimum Gasteiger partial charge on any atom is -0.336 e. The first kappa shape index (κ1) is 13.1. The van der Waals surface area contributed by atoms with Gasteiger partial charge >= 0.3 is 0 Å². The summed E-state index contributed by atoms with van der Waals surface area (Å²) in [6.45, 7) is 2.52. The van der Waals surface area contributed by atoms with Crippen LogP contribution in [0.2, 0.25) is 0 Å². The number of fused-ring (bicyclic) bond motifs is 1. The van der Waals surface area contributed by atoms with E-state index in [4.69, 9.17) is 15.2 Å². The molecule has 0 saturated heterocycles. The van der Waals surface area contributed by atoms with E-state index in [9.17, 15) is 0 Å². The van der Waals surface area contributed by atoms with Gasteiger partial charge in [0.05, 0.1) is 5.52 Å². The molecule has 0 amide bonds. The van der Waals surface area contributed by atoms with Crippen LogP contribution in [0.4, 0.5) is 0 Å². The van der Waals surface area contributed by atoms with Crippen LogP contribution in [0.5, 0.6) is 0 Å². The molecule has 0 fully saturated rings. The molecule has 0 aliphatic heterocycles. The fourth-order valence-corrected chi connectivity index (χ4v) is 2.22. The second-order valence-corrected chi connectivity index (χ2v) is 4.39. The summed E-state index contributed by atoms with van der Waals surface area (Å²) in [6, 6.07) is 8.20. The van der Waals surface area contributed by atoms with E-state index in [0.717, 1.165) is 11.9 Å². The average Bonchev–Trinajstić information content (AvgIpc) is 2.78. The maximum Gasteiger partial charge on any atom is 0.252 e. The molecule has 1 heterocycles. The smallest absolute Gasteiger partial charge is 0.252 e. The molecule has 1 aromatic heterocycles. The van der Waals surface area contributed by atoms with Crippen molar-refractivity contribution < 1.29 is 9.47 Å². The van der Waals surface area contributed by atoms with E-state index in [0.29, 0.717) is 6.54 Å². The molecule has 98 valence electrons. The standard InChI is InChI=1S/C14H20N2O2/c1-14(17-2,18-3)16-10-11(8-9-15)12-6-4-5-7-13(12)16/h4-7,10H,8-9,15H2,1-3H3. The SMILES string of the molecule is COC(C)(OC)n1cc(CCN)c2ccccc21. The molecule has 4 nitrogen and oxygen atoms in total. The topological polar surface area (TPSA) is 49.4 Å². The number of nitrogens with two attached hydrogens (primary N) is 1. The first-order valence-electron chi connectivity index (χ1n) is 6.06. The van der Waals surface area contributed by atoms with E-state index in [2.05, 4.69) is 18.3 Å². The summed E-state index contributed by atoms with van der Waals surface area (Å²) in [6.07, 6.45) is 2.90. The molecule has 4 heteroatoms. The lowest BCUT2D eigenvalue weighted by Gasteiger charge is -2.28. The summed E-state index contributed by atoms with van der Waals surface area (Å²) < 4.78 is 13.0. The zero-order chi connectivity index (χ0) is 13.2. The highest BCUT2D eigenvalue weighted by atomic mass is 16.7. The number of ether oxygens (including phenoxy) is 2. The first-order chi connectivity index (χ1) is 8.66. The Kier molecular flexibility index (Phi) is 3.71. The highest BCUT2D eigenvalue weighted by Gasteiger charge is 2.27. The van der Waals surface area contributed by atoms with E-state index < -0.39 is 5.91 Å². The van der Waals surface area contributed by atoms with Crippen LogP contribution in [0, 0.1) is 0 Å². The van der Waals surface area contributed by atoms with Crippen LogP contribution in [-0.2, 0) is 21.8 Å². The van der Waals surface area contributed by atoms with Crippen molar-refractivity contribution >= 4 is 10.9 Å². The molecular weight excluding hydrogens is 228 g/mol. The summed E-state index contributed by atoms with van der Waals surface area (Å²) in [7, 11) is 3.28. The fourth-order valence-electron chi connectivity index (χ4n) is 2.22. The summed E-state index contributed by atoms with van der Waals surface area (Å²) >= 11 is 0. The number of aromatic nitrogens is 1. The second-order valence-electron chi connectivity index (χ2n) is 4.39. The highest BCUT2D eigenvalue weighted by molar-refractivity contribution is 5.84. The van der Waals surface area contributed by atoms with Crippen molar-refractivity contribution in [3.05, 3.63) is 36.0 Å². The molecule has 1 aromatic carbocycles. The summed E-state index contributed by atoms with van der Waals surface area (Å²) in [5.41, 5.74) is 7.97. The van der Waals surface area contributed by atoms with Gasteiger partial charge in [-0.3, -0.25) is 4.57 Å². The molecule has 2 rings (SSSR count). The van der Waals surface area contributed by atoms with Gasteiger partial charge in [-0.05, 0) is 24.6 Å². The zero-order valence-corrected chi connectivity index (χ0v) is 11.1. The average molecular weight is 248 g/mol. The van der Waals surface area contributed by atoms with Crippen LogP contribution in [0.1, 0.15) is 12.5 Å². The number of rotatable bonds is 5. The number of hydrogen-bond acceptors (Lipinski definition) is 3. The van der Waals surface area contributed by atoms with Gasteiger partial charge in [-0.1, -0.05) is 18.2 Å². The third-order valence-corrected chi connectivity index (χ3v) is 3.40. The molecule has 0 radical (unpaired) electrons. The van der Waals surface area contributed by atoms with E-state index in [-0.39, 0.29) is 0 Å². The third-order valence-electron chi connectivity index (χ3n) is 3.40. The van der Waals surface area contributed by atoms with Crippen LogP contribution in [0.3, 0.4) is 0 Å². The van der Waals surface area contributed by atoms with Gasteiger partial charge < -0.3 is 15.2 Å². The second kappa shape index (κ2) is 5.10. The molecule has 0 aliphatic rings. The van der Waals surface area contributed by atoms with Crippen molar-refractivity contribution in [3.8, 4) is 0 Å². The van der Waals surface area contributed by atoms with E-state index in [1.807, 2.05) is 23.6 Å².